The molecular formula is C9H15NO2. The molecule has 12 heavy (non-hydrogen) atoms. The van der Waals surface area contributed by atoms with Crippen molar-refractivity contribution in [1.29, 1.82) is 0 Å². The summed E-state index contributed by atoms with van der Waals surface area (Å²) in [5.74, 6) is -0.0104. The van der Waals surface area contributed by atoms with Crippen LogP contribution in [-0.4, -0.2) is 24.2 Å². The summed E-state index contributed by atoms with van der Waals surface area (Å²) in [4.78, 5) is 11.3. The van der Waals surface area contributed by atoms with Crippen molar-refractivity contribution in [2.75, 3.05) is 13.2 Å². The summed E-state index contributed by atoms with van der Waals surface area (Å²) in [5.41, 5.74) is 0.884. The van der Waals surface area contributed by atoms with E-state index in [1.54, 1.807) is 0 Å². The molecule has 0 unspecified atom stereocenters. The maximum atomic E-state index is 11.3. The van der Waals surface area contributed by atoms with Crippen molar-refractivity contribution < 1.29 is 9.90 Å². The van der Waals surface area contributed by atoms with E-state index in [2.05, 4.69) is 5.32 Å². The molecule has 0 radical (unpaired) electrons. The molecule has 3 heteroatoms. The molecule has 0 aromatic heterocycles. The van der Waals surface area contributed by atoms with Gasteiger partial charge >= 0.3 is 0 Å². The molecule has 68 valence electrons. The number of carbonyl (C=O) groups excluding carboxylic acids is 1. The third-order valence-corrected chi connectivity index (χ3v) is 1.98. The number of aliphatic hydroxyl groups excluding tert-OH is 1. The molecule has 1 rings (SSSR count). The van der Waals surface area contributed by atoms with E-state index in [1.807, 2.05) is 6.08 Å². The summed E-state index contributed by atoms with van der Waals surface area (Å²) in [6, 6.07) is 0. The second-order valence-electron chi connectivity index (χ2n) is 2.95. The van der Waals surface area contributed by atoms with Gasteiger partial charge in [0, 0.05) is 12.1 Å². The maximum absolute atomic E-state index is 11.3. The van der Waals surface area contributed by atoms with Crippen molar-refractivity contribution in [3.8, 4) is 0 Å². The summed E-state index contributed by atoms with van der Waals surface area (Å²) in [6.07, 6.45) is 6.20. The van der Waals surface area contributed by atoms with Gasteiger partial charge in [-0.3, -0.25) is 4.79 Å². The van der Waals surface area contributed by atoms with E-state index >= 15 is 0 Å². The Bertz CT molecular complexity index is 187. The zero-order valence-corrected chi connectivity index (χ0v) is 7.18. The Morgan fingerprint density at radius 1 is 1.58 bits per heavy atom. The second-order valence-corrected chi connectivity index (χ2v) is 2.95. The van der Waals surface area contributed by atoms with Crippen LogP contribution in [0.4, 0.5) is 0 Å². The van der Waals surface area contributed by atoms with Crippen LogP contribution in [0.25, 0.3) is 0 Å². The summed E-state index contributed by atoms with van der Waals surface area (Å²) >= 11 is 0. The quantitative estimate of drug-likeness (QED) is 0.649. The Kier molecular flexibility index (Phi) is 3.80. The molecule has 0 spiro atoms. The van der Waals surface area contributed by atoms with Gasteiger partial charge in [0.25, 0.3) is 0 Å². The molecule has 1 amide bonds. The minimum Gasteiger partial charge on any atom is -0.395 e. The lowest BCUT2D eigenvalue weighted by Crippen LogP contribution is -2.28. The fraction of sp³-hybridized carbons (Fsp3) is 0.667. The Morgan fingerprint density at radius 2 is 2.42 bits per heavy atom. The standard InChI is InChI=1S/C9H15NO2/c11-7-6-10-9(12)8-4-2-1-3-5-8/h4,11H,1-3,5-7H2,(H,10,12). The maximum Gasteiger partial charge on any atom is 0.246 e. The molecule has 2 N–H and O–H groups in total. The van der Waals surface area contributed by atoms with Crippen LogP contribution in [0, 0.1) is 0 Å². The monoisotopic (exact) mass is 169 g/mol. The summed E-state index contributed by atoms with van der Waals surface area (Å²) in [5, 5.41) is 11.1. The number of aliphatic hydroxyl groups is 1. The molecule has 3 nitrogen and oxygen atoms in total. The normalized spacial score (nSPS) is 16.9. The zero-order chi connectivity index (χ0) is 8.81. The molecule has 0 aromatic carbocycles. The minimum absolute atomic E-state index is 0.0104. The summed E-state index contributed by atoms with van der Waals surface area (Å²) < 4.78 is 0. The Morgan fingerprint density at radius 3 is 3.00 bits per heavy atom. The van der Waals surface area contributed by atoms with Crippen molar-refractivity contribution in [1.82, 2.24) is 5.32 Å². The number of rotatable bonds is 3. The first-order valence-corrected chi connectivity index (χ1v) is 4.42. The average molecular weight is 169 g/mol. The number of hydrogen-bond acceptors (Lipinski definition) is 2. The topological polar surface area (TPSA) is 49.3 Å². The van der Waals surface area contributed by atoms with Crippen LogP contribution in [0.5, 0.6) is 0 Å². The second kappa shape index (κ2) is 4.93. The molecule has 0 saturated carbocycles. The van der Waals surface area contributed by atoms with Crippen LogP contribution in [0.2, 0.25) is 0 Å². The first kappa shape index (κ1) is 9.26. The van der Waals surface area contributed by atoms with Crippen molar-refractivity contribution in [3.05, 3.63) is 11.6 Å². The van der Waals surface area contributed by atoms with Gasteiger partial charge in [-0.25, -0.2) is 0 Å². The van der Waals surface area contributed by atoms with Crippen LogP contribution in [0.3, 0.4) is 0 Å². The van der Waals surface area contributed by atoms with Gasteiger partial charge in [0.15, 0.2) is 0 Å². The molecule has 1 aliphatic rings. The highest BCUT2D eigenvalue weighted by Gasteiger charge is 2.10. The van der Waals surface area contributed by atoms with Gasteiger partial charge in [0.05, 0.1) is 6.61 Å². The predicted molar refractivity (Wildman–Crippen MR) is 46.6 cm³/mol. The van der Waals surface area contributed by atoms with E-state index in [0.717, 1.165) is 24.8 Å². The van der Waals surface area contributed by atoms with Crippen molar-refractivity contribution in [2.45, 2.75) is 25.7 Å². The predicted octanol–water partition coefficient (Wildman–Crippen LogP) is 0.595. The molecule has 0 saturated heterocycles. The van der Waals surface area contributed by atoms with Crippen LogP contribution >= 0.6 is 0 Å². The first-order chi connectivity index (χ1) is 5.84. The van der Waals surface area contributed by atoms with Crippen molar-refractivity contribution >= 4 is 5.91 Å². The molecule has 1 aliphatic carbocycles. The number of hydrogen-bond donors (Lipinski definition) is 2. The highest BCUT2D eigenvalue weighted by atomic mass is 16.3. The van der Waals surface area contributed by atoms with Crippen LogP contribution in [-0.2, 0) is 4.79 Å². The minimum atomic E-state index is -0.0104. The van der Waals surface area contributed by atoms with Gasteiger partial charge in [-0.2, -0.15) is 0 Å². The highest BCUT2D eigenvalue weighted by molar-refractivity contribution is 5.93. The fourth-order valence-electron chi connectivity index (χ4n) is 1.33. The van der Waals surface area contributed by atoms with Gasteiger partial charge in [0.1, 0.15) is 0 Å². The smallest absolute Gasteiger partial charge is 0.246 e. The van der Waals surface area contributed by atoms with E-state index in [9.17, 15) is 4.79 Å². The first-order valence-electron chi connectivity index (χ1n) is 4.42. The zero-order valence-electron chi connectivity index (χ0n) is 7.18. The van der Waals surface area contributed by atoms with Gasteiger partial charge in [-0.15, -0.1) is 0 Å². The van der Waals surface area contributed by atoms with Crippen molar-refractivity contribution in [2.24, 2.45) is 0 Å². The lowest BCUT2D eigenvalue weighted by Gasteiger charge is -2.11. The van der Waals surface area contributed by atoms with Gasteiger partial charge in [-0.05, 0) is 25.7 Å². The van der Waals surface area contributed by atoms with Gasteiger partial charge < -0.3 is 10.4 Å². The van der Waals surface area contributed by atoms with E-state index in [-0.39, 0.29) is 12.5 Å². The van der Waals surface area contributed by atoms with Crippen LogP contribution < -0.4 is 5.32 Å². The Hall–Kier alpha value is -0.830. The van der Waals surface area contributed by atoms with Crippen molar-refractivity contribution in [3.63, 3.8) is 0 Å². The molecule has 0 atom stereocenters. The number of allylic oxidation sites excluding steroid dienone is 1. The summed E-state index contributed by atoms with van der Waals surface area (Å²) in [7, 11) is 0. The molecule has 0 aliphatic heterocycles. The highest BCUT2D eigenvalue weighted by Crippen LogP contribution is 2.16. The van der Waals surface area contributed by atoms with E-state index in [4.69, 9.17) is 5.11 Å². The molecule has 0 heterocycles. The third kappa shape index (κ3) is 2.66. The third-order valence-electron chi connectivity index (χ3n) is 1.98. The molecular weight excluding hydrogens is 154 g/mol. The fourth-order valence-corrected chi connectivity index (χ4v) is 1.33. The van der Waals surface area contributed by atoms with Crippen LogP contribution in [0.1, 0.15) is 25.7 Å². The van der Waals surface area contributed by atoms with E-state index < -0.39 is 0 Å². The van der Waals surface area contributed by atoms with Gasteiger partial charge in [0.2, 0.25) is 5.91 Å². The lowest BCUT2D eigenvalue weighted by molar-refractivity contribution is -0.117. The number of amides is 1. The average Bonchev–Trinajstić information content (AvgIpc) is 2.15. The van der Waals surface area contributed by atoms with Gasteiger partial charge in [-0.1, -0.05) is 6.08 Å². The molecule has 0 fully saturated rings. The number of nitrogens with one attached hydrogen (secondary N) is 1. The lowest BCUT2D eigenvalue weighted by atomic mass is 9.99. The van der Waals surface area contributed by atoms with Crippen LogP contribution in [0.15, 0.2) is 11.6 Å². The largest absolute Gasteiger partial charge is 0.395 e. The number of carbonyl (C=O) groups is 1. The summed E-state index contributed by atoms with van der Waals surface area (Å²) in [6.45, 7) is 0.370. The SMILES string of the molecule is O=C(NCCO)C1=CCCCC1. The Labute approximate surface area is 72.5 Å². The Balaban J connectivity index is 2.35. The van der Waals surface area contributed by atoms with E-state index in [0.29, 0.717) is 6.54 Å². The molecule has 0 bridgehead atoms. The molecule has 0 aromatic rings. The van der Waals surface area contributed by atoms with E-state index in [1.165, 1.54) is 6.42 Å².